The molecule has 1 N–H and O–H groups in total. The molecular weight excluding hydrogens is 342 g/mol. The number of amides is 1. The maximum absolute atomic E-state index is 12.4. The van der Waals surface area contributed by atoms with Crippen molar-refractivity contribution in [3.63, 3.8) is 0 Å². The second kappa shape index (κ2) is 9.19. The molecular formula is C21H25N3O3. The summed E-state index contributed by atoms with van der Waals surface area (Å²) in [6.45, 7) is 5.99. The van der Waals surface area contributed by atoms with Gasteiger partial charge in [0, 0.05) is 19.8 Å². The van der Waals surface area contributed by atoms with Crippen LogP contribution in [0.25, 0.3) is 11.0 Å². The molecule has 0 unspecified atom stereocenters. The molecule has 2 aromatic carbocycles. The van der Waals surface area contributed by atoms with Gasteiger partial charge >= 0.3 is 0 Å². The van der Waals surface area contributed by atoms with Crippen molar-refractivity contribution >= 4 is 22.9 Å². The fourth-order valence-corrected chi connectivity index (χ4v) is 2.88. The van der Waals surface area contributed by atoms with Crippen LogP contribution in [0.2, 0.25) is 0 Å². The monoisotopic (exact) mass is 367 g/mol. The number of para-hydroxylation sites is 2. The van der Waals surface area contributed by atoms with Gasteiger partial charge in [0.05, 0.1) is 11.0 Å². The number of benzene rings is 2. The van der Waals surface area contributed by atoms with E-state index in [1.165, 1.54) is 0 Å². The van der Waals surface area contributed by atoms with Crippen LogP contribution in [0, 0.1) is 6.92 Å². The molecule has 0 saturated carbocycles. The van der Waals surface area contributed by atoms with Gasteiger partial charge in [-0.3, -0.25) is 10.1 Å². The van der Waals surface area contributed by atoms with Gasteiger partial charge in [-0.05, 0) is 50.1 Å². The maximum atomic E-state index is 12.4. The third-order valence-corrected chi connectivity index (χ3v) is 4.14. The Kier molecular flexibility index (Phi) is 6.44. The first-order valence-electron chi connectivity index (χ1n) is 9.19. The topological polar surface area (TPSA) is 65.4 Å². The van der Waals surface area contributed by atoms with Crippen LogP contribution in [-0.2, 0) is 16.1 Å². The summed E-state index contributed by atoms with van der Waals surface area (Å²) in [7, 11) is 0. The Morgan fingerprint density at radius 2 is 2.04 bits per heavy atom. The first kappa shape index (κ1) is 18.9. The lowest BCUT2D eigenvalue weighted by atomic mass is 10.2. The van der Waals surface area contributed by atoms with Crippen LogP contribution in [0.1, 0.15) is 18.9 Å². The molecule has 0 fully saturated rings. The molecule has 1 amide bonds. The van der Waals surface area contributed by atoms with Crippen LogP contribution in [0.5, 0.6) is 5.75 Å². The number of nitrogens with zero attached hydrogens (tertiary/aromatic N) is 2. The summed E-state index contributed by atoms with van der Waals surface area (Å²) in [4.78, 5) is 16.9. The summed E-state index contributed by atoms with van der Waals surface area (Å²) in [6.07, 6.45) is 0.844. The van der Waals surface area contributed by atoms with Gasteiger partial charge in [-0.2, -0.15) is 0 Å². The molecule has 3 aromatic rings. The number of anilines is 1. The van der Waals surface area contributed by atoms with Crippen molar-refractivity contribution in [1.82, 2.24) is 9.55 Å². The summed E-state index contributed by atoms with van der Waals surface area (Å²) < 4.78 is 13.0. The quantitative estimate of drug-likeness (QED) is 0.585. The predicted octanol–water partition coefficient (Wildman–Crippen LogP) is 3.79. The summed E-state index contributed by atoms with van der Waals surface area (Å²) in [5.41, 5.74) is 2.93. The highest BCUT2D eigenvalue weighted by Crippen LogP contribution is 2.20. The van der Waals surface area contributed by atoms with E-state index in [1.807, 2.05) is 66.9 Å². The number of carbonyl (C=O) groups excluding carboxylic acids is 1. The Morgan fingerprint density at radius 1 is 1.19 bits per heavy atom. The van der Waals surface area contributed by atoms with E-state index >= 15 is 0 Å². The number of hydrogen-bond acceptors (Lipinski definition) is 4. The number of carbonyl (C=O) groups is 1. The van der Waals surface area contributed by atoms with E-state index in [1.54, 1.807) is 0 Å². The van der Waals surface area contributed by atoms with E-state index in [4.69, 9.17) is 9.47 Å². The number of nitrogens with one attached hydrogen (secondary N) is 1. The van der Waals surface area contributed by atoms with Gasteiger partial charge in [0.15, 0.2) is 6.61 Å². The van der Waals surface area contributed by atoms with Crippen LogP contribution in [0.4, 0.5) is 5.95 Å². The van der Waals surface area contributed by atoms with Crippen molar-refractivity contribution in [1.29, 1.82) is 0 Å². The number of hydrogen-bond donors (Lipinski definition) is 1. The number of aryl methyl sites for hydroxylation is 2. The fraction of sp³-hybridized carbons (Fsp3) is 0.333. The molecule has 142 valence electrons. The average Bonchev–Trinajstić information content (AvgIpc) is 3.01. The number of aromatic nitrogens is 2. The standard InChI is InChI=1S/C21H25N3O3/c1-3-26-13-7-12-24-19-11-5-4-10-18(19)22-21(24)23-20(25)15-27-17-9-6-8-16(2)14-17/h4-6,8-11,14H,3,7,12-13,15H2,1-2H3,(H,22,23,25). The molecule has 0 saturated heterocycles. The number of rotatable bonds is 9. The van der Waals surface area contributed by atoms with Gasteiger partial charge in [-0.1, -0.05) is 24.3 Å². The predicted molar refractivity (Wildman–Crippen MR) is 106 cm³/mol. The Balaban J connectivity index is 1.68. The van der Waals surface area contributed by atoms with Gasteiger partial charge in [0.1, 0.15) is 5.75 Å². The van der Waals surface area contributed by atoms with Gasteiger partial charge < -0.3 is 14.0 Å². The minimum absolute atomic E-state index is 0.0639. The molecule has 0 atom stereocenters. The molecule has 6 heteroatoms. The summed E-state index contributed by atoms with van der Waals surface area (Å²) in [5, 5.41) is 2.87. The molecule has 0 radical (unpaired) electrons. The highest BCUT2D eigenvalue weighted by Gasteiger charge is 2.13. The second-order valence-corrected chi connectivity index (χ2v) is 6.28. The van der Waals surface area contributed by atoms with Crippen LogP contribution in [0.3, 0.4) is 0 Å². The number of ether oxygens (including phenoxy) is 2. The van der Waals surface area contributed by atoms with Crippen molar-refractivity contribution < 1.29 is 14.3 Å². The Labute approximate surface area is 159 Å². The first-order valence-corrected chi connectivity index (χ1v) is 9.19. The minimum atomic E-state index is -0.238. The van der Waals surface area contributed by atoms with Gasteiger partial charge in [-0.25, -0.2) is 4.98 Å². The number of fused-ring (bicyclic) bond motifs is 1. The summed E-state index contributed by atoms with van der Waals surface area (Å²) in [5.74, 6) is 0.971. The Bertz CT molecular complexity index is 905. The highest BCUT2D eigenvalue weighted by atomic mass is 16.5. The summed E-state index contributed by atoms with van der Waals surface area (Å²) in [6, 6.07) is 15.5. The molecule has 3 rings (SSSR count). The van der Waals surface area contributed by atoms with E-state index in [0.29, 0.717) is 24.9 Å². The zero-order valence-corrected chi connectivity index (χ0v) is 15.8. The molecule has 0 aliphatic heterocycles. The molecule has 0 spiro atoms. The zero-order chi connectivity index (χ0) is 19.1. The molecule has 0 bridgehead atoms. The zero-order valence-electron chi connectivity index (χ0n) is 15.8. The largest absolute Gasteiger partial charge is 0.484 e. The van der Waals surface area contributed by atoms with Crippen LogP contribution in [-0.4, -0.2) is 35.3 Å². The van der Waals surface area contributed by atoms with Gasteiger partial charge in [0.2, 0.25) is 5.95 Å². The first-order chi connectivity index (χ1) is 13.2. The van der Waals surface area contributed by atoms with E-state index < -0.39 is 0 Å². The van der Waals surface area contributed by atoms with E-state index in [2.05, 4.69) is 10.3 Å². The third-order valence-electron chi connectivity index (χ3n) is 4.14. The lowest BCUT2D eigenvalue weighted by molar-refractivity contribution is -0.118. The lowest BCUT2D eigenvalue weighted by Crippen LogP contribution is -2.22. The molecule has 6 nitrogen and oxygen atoms in total. The average molecular weight is 367 g/mol. The molecule has 0 aliphatic rings. The lowest BCUT2D eigenvalue weighted by Gasteiger charge is -2.11. The smallest absolute Gasteiger partial charge is 0.264 e. The SMILES string of the molecule is CCOCCCn1c(NC(=O)COc2cccc(C)c2)nc2ccccc21. The van der Waals surface area contributed by atoms with Gasteiger partial charge in [0.25, 0.3) is 5.91 Å². The van der Waals surface area contributed by atoms with Crippen LogP contribution >= 0.6 is 0 Å². The van der Waals surface area contributed by atoms with Crippen molar-refractivity contribution in [3.8, 4) is 5.75 Å². The molecule has 0 aliphatic carbocycles. The summed E-state index contributed by atoms with van der Waals surface area (Å²) >= 11 is 0. The van der Waals surface area contributed by atoms with Crippen LogP contribution < -0.4 is 10.1 Å². The van der Waals surface area contributed by atoms with Crippen molar-refractivity contribution in [2.75, 3.05) is 25.1 Å². The molecule has 1 heterocycles. The van der Waals surface area contributed by atoms with Crippen molar-refractivity contribution in [2.24, 2.45) is 0 Å². The molecule has 1 aromatic heterocycles. The van der Waals surface area contributed by atoms with Crippen molar-refractivity contribution in [2.45, 2.75) is 26.8 Å². The van der Waals surface area contributed by atoms with Gasteiger partial charge in [-0.15, -0.1) is 0 Å². The molecule has 27 heavy (non-hydrogen) atoms. The minimum Gasteiger partial charge on any atom is -0.484 e. The van der Waals surface area contributed by atoms with E-state index in [9.17, 15) is 4.79 Å². The number of imidazole rings is 1. The van der Waals surface area contributed by atoms with E-state index in [0.717, 1.165) is 29.6 Å². The van der Waals surface area contributed by atoms with Crippen molar-refractivity contribution in [3.05, 3.63) is 54.1 Å². The normalized spacial score (nSPS) is 10.9. The maximum Gasteiger partial charge on any atom is 0.264 e. The highest BCUT2D eigenvalue weighted by molar-refractivity contribution is 5.92. The van der Waals surface area contributed by atoms with E-state index in [-0.39, 0.29) is 12.5 Å². The Morgan fingerprint density at radius 3 is 2.85 bits per heavy atom. The Hall–Kier alpha value is -2.86. The second-order valence-electron chi connectivity index (χ2n) is 6.28. The van der Waals surface area contributed by atoms with Crippen LogP contribution in [0.15, 0.2) is 48.5 Å². The fourth-order valence-electron chi connectivity index (χ4n) is 2.88. The third kappa shape index (κ3) is 5.08.